The number of nitrogens with one attached hydrogen (secondary N) is 1. The number of amides is 3. The first-order valence-electron chi connectivity index (χ1n) is 9.83. The lowest BCUT2D eigenvalue weighted by atomic mass is 10.2. The molecule has 30 heavy (non-hydrogen) atoms. The maximum Gasteiger partial charge on any atom is 0.243 e. The molecule has 156 valence electrons. The normalized spacial score (nSPS) is 15.5. The fraction of sp³-hybridized carbons (Fsp3) is 0.318. The predicted octanol–water partition coefficient (Wildman–Crippen LogP) is 2.57. The molecule has 0 unspecified atom stereocenters. The summed E-state index contributed by atoms with van der Waals surface area (Å²) in [5, 5.41) is 2.89. The van der Waals surface area contributed by atoms with E-state index in [0.29, 0.717) is 11.3 Å². The smallest absolute Gasteiger partial charge is 0.243 e. The highest BCUT2D eigenvalue weighted by Crippen LogP contribution is 2.34. The van der Waals surface area contributed by atoms with E-state index in [1.165, 1.54) is 33.7 Å². The second kappa shape index (κ2) is 8.87. The van der Waals surface area contributed by atoms with Crippen molar-refractivity contribution in [3.63, 3.8) is 0 Å². The van der Waals surface area contributed by atoms with Gasteiger partial charge < -0.3 is 15.1 Å². The molecule has 0 radical (unpaired) electrons. The van der Waals surface area contributed by atoms with Crippen molar-refractivity contribution in [2.45, 2.75) is 30.3 Å². The summed E-state index contributed by atoms with van der Waals surface area (Å²) < 4.78 is 13.2. The van der Waals surface area contributed by atoms with Crippen LogP contribution in [0.2, 0.25) is 0 Å². The van der Waals surface area contributed by atoms with Crippen molar-refractivity contribution in [1.29, 1.82) is 0 Å². The first-order chi connectivity index (χ1) is 14.5. The van der Waals surface area contributed by atoms with Gasteiger partial charge >= 0.3 is 0 Å². The molecule has 2 aromatic rings. The summed E-state index contributed by atoms with van der Waals surface area (Å²) in [5.74, 6) is -0.800. The lowest BCUT2D eigenvalue weighted by Gasteiger charge is -2.31. The van der Waals surface area contributed by atoms with Gasteiger partial charge in [-0.05, 0) is 42.7 Å². The van der Waals surface area contributed by atoms with Crippen LogP contribution in [0.25, 0.3) is 0 Å². The monoisotopic (exact) mass is 427 g/mol. The van der Waals surface area contributed by atoms with Crippen molar-refractivity contribution in [3.05, 3.63) is 59.9 Å². The quantitative estimate of drug-likeness (QED) is 0.738. The summed E-state index contributed by atoms with van der Waals surface area (Å²) in [7, 11) is 0. The van der Waals surface area contributed by atoms with Gasteiger partial charge in [0.1, 0.15) is 12.4 Å². The zero-order valence-electron chi connectivity index (χ0n) is 16.3. The van der Waals surface area contributed by atoms with Gasteiger partial charge in [-0.2, -0.15) is 0 Å². The van der Waals surface area contributed by atoms with Crippen LogP contribution in [0.5, 0.6) is 0 Å². The van der Waals surface area contributed by atoms with Gasteiger partial charge in [-0.25, -0.2) is 4.39 Å². The molecule has 0 saturated heterocycles. The minimum Gasteiger partial charge on any atom is -0.352 e. The van der Waals surface area contributed by atoms with Crippen LogP contribution in [-0.4, -0.2) is 47.5 Å². The Morgan fingerprint density at radius 3 is 2.60 bits per heavy atom. The number of nitrogens with zero attached hydrogens (tertiary/aromatic N) is 2. The van der Waals surface area contributed by atoms with Gasteiger partial charge in [0.2, 0.25) is 17.7 Å². The average Bonchev–Trinajstić information content (AvgIpc) is 3.55. The van der Waals surface area contributed by atoms with Gasteiger partial charge in [0.15, 0.2) is 0 Å². The van der Waals surface area contributed by atoms with E-state index in [-0.39, 0.29) is 55.0 Å². The summed E-state index contributed by atoms with van der Waals surface area (Å²) in [5.41, 5.74) is 1.42. The van der Waals surface area contributed by atoms with Crippen LogP contribution in [0.15, 0.2) is 53.4 Å². The maximum absolute atomic E-state index is 13.2. The molecule has 6 nitrogen and oxygen atoms in total. The van der Waals surface area contributed by atoms with Crippen LogP contribution in [0.4, 0.5) is 10.1 Å². The molecule has 2 aliphatic rings. The fourth-order valence-corrected chi connectivity index (χ4v) is 4.22. The molecule has 8 heteroatoms. The summed E-state index contributed by atoms with van der Waals surface area (Å²) >= 11 is 1.45. The third kappa shape index (κ3) is 4.99. The summed E-state index contributed by atoms with van der Waals surface area (Å²) in [6.07, 6.45) is 1.91. The molecule has 1 aliphatic carbocycles. The Morgan fingerprint density at radius 2 is 1.87 bits per heavy atom. The van der Waals surface area contributed by atoms with Crippen molar-refractivity contribution in [1.82, 2.24) is 10.2 Å². The Balaban J connectivity index is 1.51. The maximum atomic E-state index is 13.2. The Hall–Kier alpha value is -2.87. The van der Waals surface area contributed by atoms with Crippen molar-refractivity contribution in [2.75, 3.05) is 23.7 Å². The second-order valence-corrected chi connectivity index (χ2v) is 8.47. The van der Waals surface area contributed by atoms with Crippen LogP contribution in [-0.2, 0) is 20.9 Å². The minimum atomic E-state index is -0.365. The number of fused-ring (bicyclic) bond motifs is 1. The van der Waals surface area contributed by atoms with E-state index < -0.39 is 0 Å². The van der Waals surface area contributed by atoms with Crippen molar-refractivity contribution in [2.24, 2.45) is 0 Å². The van der Waals surface area contributed by atoms with E-state index in [0.717, 1.165) is 17.7 Å². The Morgan fingerprint density at radius 1 is 1.13 bits per heavy atom. The molecule has 0 spiro atoms. The first kappa shape index (κ1) is 20.4. The third-order valence-corrected chi connectivity index (χ3v) is 6.07. The number of para-hydroxylation sites is 1. The van der Waals surface area contributed by atoms with E-state index in [9.17, 15) is 18.8 Å². The van der Waals surface area contributed by atoms with E-state index in [2.05, 4.69) is 5.32 Å². The first-order valence-corrected chi connectivity index (χ1v) is 10.8. The van der Waals surface area contributed by atoms with Crippen molar-refractivity contribution >= 4 is 35.2 Å². The molecule has 0 aromatic heterocycles. The summed E-state index contributed by atoms with van der Waals surface area (Å²) in [4.78, 5) is 41.8. The van der Waals surface area contributed by atoms with Gasteiger partial charge in [0, 0.05) is 17.5 Å². The molecule has 3 amide bonds. The molecule has 1 heterocycles. The molecule has 1 N–H and O–H groups in total. The number of hydrogen-bond donors (Lipinski definition) is 1. The van der Waals surface area contributed by atoms with E-state index in [4.69, 9.17) is 0 Å². The Bertz CT molecular complexity index is 962. The van der Waals surface area contributed by atoms with Crippen molar-refractivity contribution in [3.8, 4) is 0 Å². The highest BCUT2D eigenvalue weighted by atomic mass is 32.2. The van der Waals surface area contributed by atoms with Gasteiger partial charge in [0.25, 0.3) is 0 Å². The lowest BCUT2D eigenvalue weighted by Crippen LogP contribution is -2.47. The van der Waals surface area contributed by atoms with Crippen LogP contribution in [0.1, 0.15) is 18.4 Å². The van der Waals surface area contributed by atoms with Crippen LogP contribution in [0.3, 0.4) is 0 Å². The molecule has 1 aliphatic heterocycles. The molecule has 4 rings (SSSR count). The zero-order valence-corrected chi connectivity index (χ0v) is 17.2. The molecular formula is C22H22FN3O3S. The van der Waals surface area contributed by atoms with Crippen molar-refractivity contribution < 1.29 is 18.8 Å². The Kier molecular flexibility index (Phi) is 6.03. The number of carbonyl (C=O) groups excluding carboxylic acids is 3. The van der Waals surface area contributed by atoms with Gasteiger partial charge in [0.05, 0.1) is 18.0 Å². The van der Waals surface area contributed by atoms with Gasteiger partial charge in [-0.1, -0.05) is 24.3 Å². The van der Waals surface area contributed by atoms with E-state index in [1.54, 1.807) is 12.1 Å². The van der Waals surface area contributed by atoms with Gasteiger partial charge in [-0.3, -0.25) is 14.4 Å². The summed E-state index contributed by atoms with van der Waals surface area (Å²) in [6, 6.07) is 13.5. The molecule has 1 saturated carbocycles. The molecule has 0 atom stereocenters. The Labute approximate surface area is 178 Å². The lowest BCUT2D eigenvalue weighted by molar-refractivity contribution is -0.136. The van der Waals surface area contributed by atoms with Gasteiger partial charge in [-0.15, -0.1) is 11.8 Å². The molecule has 0 bridgehead atoms. The topological polar surface area (TPSA) is 69.7 Å². The number of hydrogen-bond acceptors (Lipinski definition) is 4. The largest absolute Gasteiger partial charge is 0.352 e. The second-order valence-electron chi connectivity index (χ2n) is 7.45. The van der Waals surface area contributed by atoms with Crippen LogP contribution in [0, 0.1) is 5.82 Å². The SMILES string of the molecule is O=C(CN(Cc1ccc(F)cc1)C(=O)CN1C(=O)CSc2ccccc21)NC1CC1. The van der Waals surface area contributed by atoms with E-state index >= 15 is 0 Å². The van der Waals surface area contributed by atoms with E-state index in [1.807, 2.05) is 24.3 Å². The molecular weight excluding hydrogens is 405 g/mol. The highest BCUT2D eigenvalue weighted by Gasteiger charge is 2.30. The average molecular weight is 428 g/mol. The standard InChI is InChI=1S/C22H22FN3O3S/c23-16-7-5-15(6-8-16)11-25(12-20(27)24-17-9-10-17)21(28)13-26-18-3-1-2-4-19(18)30-14-22(26)29/h1-8,17H,9-14H2,(H,24,27). The number of anilines is 1. The number of rotatable bonds is 7. The number of thioether (sulfide) groups is 1. The molecule has 2 aromatic carbocycles. The zero-order chi connectivity index (χ0) is 21.1. The fourth-order valence-electron chi connectivity index (χ4n) is 3.28. The van der Waals surface area contributed by atoms with Crippen LogP contribution >= 0.6 is 11.8 Å². The number of halogens is 1. The summed E-state index contributed by atoms with van der Waals surface area (Å²) in [6.45, 7) is -0.0882. The minimum absolute atomic E-state index is 0.106. The number of benzene rings is 2. The highest BCUT2D eigenvalue weighted by molar-refractivity contribution is 8.00. The van der Waals surface area contributed by atoms with Crippen LogP contribution < -0.4 is 10.2 Å². The third-order valence-electron chi connectivity index (χ3n) is 5.02. The predicted molar refractivity (Wildman–Crippen MR) is 113 cm³/mol. The number of carbonyl (C=O) groups is 3. The molecule has 1 fully saturated rings.